The van der Waals surface area contributed by atoms with E-state index in [9.17, 15) is 0 Å². The number of fused-ring (bicyclic) bond motifs is 14. The predicted octanol–water partition coefficient (Wildman–Crippen LogP) is 14.2. The molecule has 0 bridgehead atoms. The third-order valence-corrected chi connectivity index (χ3v) is 17.7. The Balaban J connectivity index is 1.09. The smallest absolute Gasteiger partial charge is 0.252 e. The zero-order chi connectivity index (χ0) is 42.7. The van der Waals surface area contributed by atoms with Crippen molar-refractivity contribution < 1.29 is 0 Å². The van der Waals surface area contributed by atoms with Gasteiger partial charge < -0.3 is 14.7 Å². The number of benzene rings is 8. The van der Waals surface area contributed by atoms with E-state index in [0.717, 1.165) is 5.69 Å². The second kappa shape index (κ2) is 12.8. The van der Waals surface area contributed by atoms with Gasteiger partial charge in [-0.05, 0) is 137 Å². The Labute approximate surface area is 380 Å². The summed E-state index contributed by atoms with van der Waals surface area (Å²) in [5, 5.41) is 2.62. The van der Waals surface area contributed by atoms with Crippen LogP contribution >= 0.6 is 11.3 Å². The summed E-state index contributed by atoms with van der Waals surface area (Å²) < 4.78 is 2.63. The zero-order valence-electron chi connectivity index (χ0n) is 36.8. The molecular formula is C59H48BN3S. The van der Waals surface area contributed by atoms with Crippen LogP contribution in [0.15, 0.2) is 170 Å². The lowest BCUT2D eigenvalue weighted by molar-refractivity contribution is 0.195. The minimum Gasteiger partial charge on any atom is -0.335 e. The highest BCUT2D eigenvalue weighted by atomic mass is 32.1. The van der Waals surface area contributed by atoms with Crippen molar-refractivity contribution >= 4 is 100 Å². The van der Waals surface area contributed by atoms with Gasteiger partial charge in [-0.3, -0.25) is 0 Å². The highest BCUT2D eigenvalue weighted by Crippen LogP contribution is 2.63. The number of anilines is 8. The standard InChI is InChI=1S/C59H48BN3S/c1-57(2)43-24-13-11-22-40(43)42-35-51-47(36-45(42)57)60-46-34-39(61(37-18-7-5-8-19-37)49-25-17-27-53-54(49)41-23-12-14-26-52(41)64-53)28-30-48(46)63-56-44(58(3)32-15-16-33-59(58,63)4)29-31-50(55(56)60)62(51)38-20-9-6-10-21-38/h5-14,17-31,34-36H,15-16,32-33H2,1-4H3. The van der Waals surface area contributed by atoms with E-state index >= 15 is 0 Å². The molecule has 5 heteroatoms. The van der Waals surface area contributed by atoms with Crippen LogP contribution in [0.3, 0.4) is 0 Å². The topological polar surface area (TPSA) is 9.72 Å². The summed E-state index contributed by atoms with van der Waals surface area (Å²) in [5.74, 6) is 0. The summed E-state index contributed by atoms with van der Waals surface area (Å²) in [4.78, 5) is 8.00. The van der Waals surface area contributed by atoms with Gasteiger partial charge in [0.2, 0.25) is 0 Å². The van der Waals surface area contributed by atoms with Crippen LogP contribution < -0.4 is 31.1 Å². The Morgan fingerprint density at radius 1 is 0.547 bits per heavy atom. The van der Waals surface area contributed by atoms with Gasteiger partial charge in [0.1, 0.15) is 0 Å². The molecule has 1 fully saturated rings. The van der Waals surface area contributed by atoms with Crippen LogP contribution in [0.1, 0.15) is 70.1 Å². The third kappa shape index (κ3) is 4.58. The Morgan fingerprint density at radius 2 is 1.27 bits per heavy atom. The number of rotatable bonds is 4. The maximum absolute atomic E-state index is 2.86. The molecule has 1 aromatic heterocycles. The molecule has 2 unspecified atom stereocenters. The van der Waals surface area contributed by atoms with Crippen molar-refractivity contribution in [3.05, 3.63) is 187 Å². The highest BCUT2D eigenvalue weighted by molar-refractivity contribution is 7.26. The molecule has 0 N–H and O–H groups in total. The van der Waals surface area contributed by atoms with E-state index in [2.05, 4.69) is 212 Å². The van der Waals surface area contributed by atoms with Crippen molar-refractivity contribution in [2.75, 3.05) is 14.7 Å². The lowest BCUT2D eigenvalue weighted by Crippen LogP contribution is -2.64. The first-order valence-corrected chi connectivity index (χ1v) is 24.1. The lowest BCUT2D eigenvalue weighted by Gasteiger charge is -2.52. The highest BCUT2D eigenvalue weighted by Gasteiger charge is 2.61. The van der Waals surface area contributed by atoms with E-state index in [1.54, 1.807) is 0 Å². The van der Waals surface area contributed by atoms with Crippen molar-refractivity contribution in [3.8, 4) is 11.1 Å². The van der Waals surface area contributed by atoms with E-state index < -0.39 is 0 Å². The quantitative estimate of drug-likeness (QED) is 0.163. The van der Waals surface area contributed by atoms with Gasteiger partial charge in [0, 0.05) is 70.8 Å². The van der Waals surface area contributed by atoms with E-state index in [-0.39, 0.29) is 23.1 Å². The molecule has 3 nitrogen and oxygen atoms in total. The Bertz CT molecular complexity index is 3450. The fourth-order valence-electron chi connectivity index (χ4n) is 13.4. The fraction of sp³-hybridized carbons (Fsp3) is 0.186. The third-order valence-electron chi connectivity index (χ3n) is 16.6. The number of thiophene rings is 1. The van der Waals surface area contributed by atoms with Gasteiger partial charge in [-0.2, -0.15) is 0 Å². The number of hydrogen-bond donors (Lipinski definition) is 0. The molecule has 5 aliphatic rings. The Kier molecular flexibility index (Phi) is 7.37. The summed E-state index contributed by atoms with van der Waals surface area (Å²) in [7, 11) is 0. The first kappa shape index (κ1) is 36.9. The molecule has 0 spiro atoms. The Hall–Kier alpha value is -6.56. The summed E-state index contributed by atoms with van der Waals surface area (Å²) in [6, 6.07) is 64.9. The fourth-order valence-corrected chi connectivity index (χ4v) is 14.5. The predicted molar refractivity (Wildman–Crippen MR) is 274 cm³/mol. The van der Waals surface area contributed by atoms with Crippen molar-refractivity contribution in [1.82, 2.24) is 0 Å². The minimum atomic E-state index is -0.134. The van der Waals surface area contributed by atoms with Crippen LogP contribution in [0.5, 0.6) is 0 Å². The van der Waals surface area contributed by atoms with Gasteiger partial charge in [0.15, 0.2) is 0 Å². The van der Waals surface area contributed by atoms with Gasteiger partial charge in [-0.1, -0.05) is 131 Å². The molecule has 8 aromatic carbocycles. The molecule has 3 aliphatic heterocycles. The first-order chi connectivity index (χ1) is 31.3. The monoisotopic (exact) mass is 841 g/mol. The van der Waals surface area contributed by atoms with Crippen LogP contribution in [-0.4, -0.2) is 12.3 Å². The van der Waals surface area contributed by atoms with Crippen LogP contribution in [0.2, 0.25) is 0 Å². The molecular weight excluding hydrogens is 794 g/mol. The molecule has 9 aromatic rings. The molecule has 2 atom stereocenters. The lowest BCUT2D eigenvalue weighted by atomic mass is 9.33. The maximum atomic E-state index is 2.86. The number of hydrogen-bond acceptors (Lipinski definition) is 4. The average Bonchev–Trinajstić information content (AvgIpc) is 3.89. The van der Waals surface area contributed by atoms with E-state index in [1.165, 1.54) is 130 Å². The minimum absolute atomic E-state index is 0.0194. The number of nitrogens with zero attached hydrogens (tertiary/aromatic N) is 3. The van der Waals surface area contributed by atoms with E-state index in [1.807, 2.05) is 11.3 Å². The molecule has 14 rings (SSSR count). The van der Waals surface area contributed by atoms with Crippen molar-refractivity contribution in [2.24, 2.45) is 0 Å². The second-order valence-corrected chi connectivity index (χ2v) is 21.0. The van der Waals surface area contributed by atoms with E-state index in [0.29, 0.717) is 0 Å². The molecule has 308 valence electrons. The van der Waals surface area contributed by atoms with Crippen LogP contribution in [0.25, 0.3) is 31.3 Å². The van der Waals surface area contributed by atoms with Gasteiger partial charge in [0.05, 0.1) is 11.2 Å². The normalized spacial score (nSPS) is 20.4. The molecule has 64 heavy (non-hydrogen) atoms. The van der Waals surface area contributed by atoms with Gasteiger partial charge in [-0.25, -0.2) is 0 Å². The first-order valence-electron chi connectivity index (χ1n) is 23.3. The Morgan fingerprint density at radius 3 is 2.12 bits per heavy atom. The van der Waals surface area contributed by atoms with E-state index in [4.69, 9.17) is 0 Å². The maximum Gasteiger partial charge on any atom is 0.252 e. The molecule has 0 amide bonds. The zero-order valence-corrected chi connectivity index (χ0v) is 37.6. The summed E-state index contributed by atoms with van der Waals surface area (Å²) in [6.45, 7) is 10.1. The van der Waals surface area contributed by atoms with Crippen molar-refractivity contribution in [1.29, 1.82) is 0 Å². The van der Waals surface area contributed by atoms with Crippen molar-refractivity contribution in [3.63, 3.8) is 0 Å². The average molecular weight is 842 g/mol. The molecule has 0 saturated heterocycles. The summed E-state index contributed by atoms with van der Waals surface area (Å²) in [5.41, 5.74) is 21.3. The SMILES string of the molecule is CC1(C)c2ccccc2-c2cc3c(cc21)B1c2cc(N(c4ccccc4)c4cccc5sc6ccccc6c45)ccc2N2c4c(ccc(c41)N3c1ccccc1)C1(C)CCCCC21C. The molecule has 0 radical (unpaired) electrons. The van der Waals surface area contributed by atoms with Crippen LogP contribution in [0.4, 0.5) is 45.5 Å². The molecule has 1 saturated carbocycles. The second-order valence-electron chi connectivity index (χ2n) is 19.9. The van der Waals surface area contributed by atoms with Crippen molar-refractivity contribution in [2.45, 2.75) is 69.7 Å². The van der Waals surface area contributed by atoms with Gasteiger partial charge in [-0.15, -0.1) is 11.3 Å². The van der Waals surface area contributed by atoms with Gasteiger partial charge >= 0.3 is 0 Å². The molecule has 2 aliphatic carbocycles. The summed E-state index contributed by atoms with van der Waals surface area (Å²) >= 11 is 1.89. The largest absolute Gasteiger partial charge is 0.335 e. The van der Waals surface area contributed by atoms with Crippen LogP contribution in [0, 0.1) is 0 Å². The number of para-hydroxylation sites is 2. The van der Waals surface area contributed by atoms with Crippen LogP contribution in [-0.2, 0) is 10.8 Å². The molecule has 4 heterocycles. The summed E-state index contributed by atoms with van der Waals surface area (Å²) in [6.07, 6.45) is 4.88. The van der Waals surface area contributed by atoms with Gasteiger partial charge in [0.25, 0.3) is 6.71 Å².